The Labute approximate surface area is 121 Å². The van der Waals surface area contributed by atoms with Crippen molar-refractivity contribution in [1.29, 1.82) is 0 Å². The molecule has 2 atom stereocenters. The second kappa shape index (κ2) is 6.51. The molecule has 0 fully saturated rings. The quantitative estimate of drug-likeness (QED) is 0.500. The molecule has 1 aromatic rings. The maximum atomic E-state index is 12.5. The molecule has 0 aliphatic rings. The molecule has 1 rings (SSSR count). The standard InChI is InChI=1S/C10H8Cl2F3N3O2/c11-5-1-4(10(13,14)15)2-6(12)8(5)9(20)7(19)3-17-18-16/h1-2,7,9,19-20H,3H2. The van der Waals surface area contributed by atoms with Gasteiger partial charge in [-0.1, -0.05) is 28.3 Å². The lowest BCUT2D eigenvalue weighted by molar-refractivity contribution is -0.137. The van der Waals surface area contributed by atoms with E-state index in [-0.39, 0.29) is 5.56 Å². The lowest BCUT2D eigenvalue weighted by atomic mass is 10.0. The van der Waals surface area contributed by atoms with Crippen LogP contribution in [-0.4, -0.2) is 22.9 Å². The zero-order chi connectivity index (χ0) is 15.5. The van der Waals surface area contributed by atoms with Crippen LogP contribution in [-0.2, 0) is 6.18 Å². The molecule has 0 amide bonds. The van der Waals surface area contributed by atoms with Crippen LogP contribution >= 0.6 is 23.2 Å². The molecule has 0 heterocycles. The van der Waals surface area contributed by atoms with E-state index in [4.69, 9.17) is 28.7 Å². The van der Waals surface area contributed by atoms with Crippen molar-refractivity contribution in [2.24, 2.45) is 5.11 Å². The van der Waals surface area contributed by atoms with Crippen molar-refractivity contribution in [3.05, 3.63) is 43.7 Å². The maximum Gasteiger partial charge on any atom is 0.416 e. The van der Waals surface area contributed by atoms with Crippen molar-refractivity contribution in [3.63, 3.8) is 0 Å². The summed E-state index contributed by atoms with van der Waals surface area (Å²) >= 11 is 11.3. The average molecular weight is 330 g/mol. The molecular formula is C10H8Cl2F3N3O2. The van der Waals surface area contributed by atoms with Crippen LogP contribution in [0.25, 0.3) is 10.4 Å². The number of aliphatic hydroxyl groups is 2. The molecule has 110 valence electrons. The third kappa shape index (κ3) is 3.91. The lowest BCUT2D eigenvalue weighted by Gasteiger charge is -2.20. The molecule has 1 aromatic carbocycles. The van der Waals surface area contributed by atoms with Gasteiger partial charge in [-0.2, -0.15) is 13.2 Å². The van der Waals surface area contributed by atoms with E-state index < -0.39 is 40.5 Å². The van der Waals surface area contributed by atoms with E-state index in [0.29, 0.717) is 12.1 Å². The van der Waals surface area contributed by atoms with Gasteiger partial charge in [-0.25, -0.2) is 0 Å². The fourth-order valence-corrected chi connectivity index (χ4v) is 2.15. The molecule has 2 unspecified atom stereocenters. The van der Waals surface area contributed by atoms with E-state index in [1.807, 2.05) is 0 Å². The van der Waals surface area contributed by atoms with Crippen molar-refractivity contribution in [3.8, 4) is 0 Å². The van der Waals surface area contributed by atoms with E-state index in [0.717, 1.165) is 0 Å². The first kappa shape index (κ1) is 16.9. The molecule has 0 aliphatic heterocycles. The summed E-state index contributed by atoms with van der Waals surface area (Å²) in [6, 6.07) is 1.18. The Morgan fingerprint density at radius 2 is 1.75 bits per heavy atom. The zero-order valence-electron chi connectivity index (χ0n) is 9.64. The van der Waals surface area contributed by atoms with Crippen molar-refractivity contribution in [2.45, 2.75) is 18.4 Å². The predicted octanol–water partition coefficient (Wildman–Crippen LogP) is 3.72. The number of hydrogen-bond donors (Lipinski definition) is 2. The van der Waals surface area contributed by atoms with Crippen molar-refractivity contribution in [1.82, 2.24) is 0 Å². The summed E-state index contributed by atoms with van der Waals surface area (Å²) in [6.07, 6.45) is -7.86. The number of azide groups is 1. The summed E-state index contributed by atoms with van der Waals surface area (Å²) in [7, 11) is 0. The second-order valence-electron chi connectivity index (χ2n) is 3.78. The smallest absolute Gasteiger partial charge is 0.390 e. The Kier molecular flexibility index (Phi) is 5.50. The predicted molar refractivity (Wildman–Crippen MR) is 66.4 cm³/mol. The number of hydrogen-bond acceptors (Lipinski definition) is 3. The molecule has 0 saturated carbocycles. The van der Waals surface area contributed by atoms with Crippen LogP contribution < -0.4 is 0 Å². The Balaban J connectivity index is 3.17. The number of aliphatic hydroxyl groups excluding tert-OH is 2. The van der Waals surface area contributed by atoms with Gasteiger partial charge in [-0.05, 0) is 17.7 Å². The molecule has 0 aromatic heterocycles. The summed E-state index contributed by atoms with van der Waals surface area (Å²) in [5, 5.41) is 21.5. The zero-order valence-corrected chi connectivity index (χ0v) is 11.2. The van der Waals surface area contributed by atoms with Crippen LogP contribution in [0.3, 0.4) is 0 Å². The van der Waals surface area contributed by atoms with Gasteiger partial charge in [-0.15, -0.1) is 0 Å². The van der Waals surface area contributed by atoms with Gasteiger partial charge in [0.15, 0.2) is 0 Å². The third-order valence-corrected chi connectivity index (χ3v) is 3.02. The number of rotatable bonds is 4. The molecule has 0 saturated heterocycles. The highest BCUT2D eigenvalue weighted by Crippen LogP contribution is 2.38. The Hall–Kier alpha value is -1.18. The van der Waals surface area contributed by atoms with Crippen LogP contribution in [0.1, 0.15) is 17.2 Å². The third-order valence-electron chi connectivity index (χ3n) is 2.40. The van der Waals surface area contributed by atoms with Gasteiger partial charge in [-0.3, -0.25) is 0 Å². The summed E-state index contributed by atoms with van der Waals surface area (Å²) in [5.41, 5.74) is 6.75. The number of alkyl halides is 3. The summed E-state index contributed by atoms with van der Waals surface area (Å²) < 4.78 is 37.6. The van der Waals surface area contributed by atoms with E-state index in [1.165, 1.54) is 0 Å². The Bertz CT molecular complexity index is 524. The van der Waals surface area contributed by atoms with Crippen LogP contribution in [0.15, 0.2) is 17.2 Å². The van der Waals surface area contributed by atoms with E-state index >= 15 is 0 Å². The molecular weight excluding hydrogens is 322 g/mol. The summed E-state index contributed by atoms with van der Waals surface area (Å²) in [5.74, 6) is 0. The molecule has 0 bridgehead atoms. The minimum absolute atomic E-state index is 0.262. The van der Waals surface area contributed by atoms with Crippen LogP contribution in [0, 0.1) is 0 Å². The van der Waals surface area contributed by atoms with Gasteiger partial charge < -0.3 is 10.2 Å². The van der Waals surface area contributed by atoms with Crippen molar-refractivity contribution < 1.29 is 23.4 Å². The molecule has 20 heavy (non-hydrogen) atoms. The minimum Gasteiger partial charge on any atom is -0.390 e. The maximum absolute atomic E-state index is 12.5. The highest BCUT2D eigenvalue weighted by atomic mass is 35.5. The van der Waals surface area contributed by atoms with E-state index in [9.17, 15) is 23.4 Å². The van der Waals surface area contributed by atoms with Crippen LogP contribution in [0.2, 0.25) is 10.0 Å². The number of halogens is 5. The van der Waals surface area contributed by atoms with Crippen molar-refractivity contribution >= 4 is 23.2 Å². The van der Waals surface area contributed by atoms with Gasteiger partial charge >= 0.3 is 6.18 Å². The molecule has 10 heteroatoms. The first-order chi connectivity index (χ1) is 9.18. The van der Waals surface area contributed by atoms with Crippen molar-refractivity contribution in [2.75, 3.05) is 6.54 Å². The van der Waals surface area contributed by atoms with Gasteiger partial charge in [0.1, 0.15) is 6.10 Å². The first-order valence-electron chi connectivity index (χ1n) is 5.11. The monoisotopic (exact) mass is 329 g/mol. The van der Waals surface area contributed by atoms with E-state index in [1.54, 1.807) is 0 Å². The fourth-order valence-electron chi connectivity index (χ4n) is 1.44. The van der Waals surface area contributed by atoms with Gasteiger partial charge in [0.2, 0.25) is 0 Å². The largest absolute Gasteiger partial charge is 0.416 e. The second-order valence-corrected chi connectivity index (χ2v) is 4.59. The fraction of sp³-hybridized carbons (Fsp3) is 0.400. The lowest BCUT2D eigenvalue weighted by Crippen LogP contribution is -2.22. The average Bonchev–Trinajstić information content (AvgIpc) is 2.33. The molecule has 0 spiro atoms. The minimum atomic E-state index is -4.64. The number of nitrogens with zero attached hydrogens (tertiary/aromatic N) is 3. The Morgan fingerprint density at radius 1 is 1.25 bits per heavy atom. The molecule has 5 nitrogen and oxygen atoms in total. The molecule has 0 aliphatic carbocycles. The summed E-state index contributed by atoms with van der Waals surface area (Å²) in [4.78, 5) is 2.38. The highest BCUT2D eigenvalue weighted by molar-refractivity contribution is 6.36. The van der Waals surface area contributed by atoms with Crippen LogP contribution in [0.4, 0.5) is 13.2 Å². The van der Waals surface area contributed by atoms with Gasteiger partial charge in [0.05, 0.1) is 18.2 Å². The topological polar surface area (TPSA) is 89.2 Å². The molecule has 0 radical (unpaired) electrons. The summed E-state index contributed by atoms with van der Waals surface area (Å²) in [6.45, 7) is -0.481. The Morgan fingerprint density at radius 3 is 2.15 bits per heavy atom. The van der Waals surface area contributed by atoms with E-state index in [2.05, 4.69) is 10.0 Å². The first-order valence-corrected chi connectivity index (χ1v) is 5.87. The SMILES string of the molecule is [N-]=[N+]=NCC(O)C(O)c1c(Cl)cc(C(F)(F)F)cc1Cl. The highest BCUT2D eigenvalue weighted by Gasteiger charge is 2.33. The number of benzene rings is 1. The normalized spacial score (nSPS) is 14.6. The van der Waals surface area contributed by atoms with Crippen LogP contribution in [0.5, 0.6) is 0 Å². The van der Waals surface area contributed by atoms with Gasteiger partial charge in [0.25, 0.3) is 0 Å². The van der Waals surface area contributed by atoms with Gasteiger partial charge in [0, 0.05) is 20.5 Å². The molecule has 2 N–H and O–H groups in total.